The molecule has 0 bridgehead atoms. The molecule has 0 saturated carbocycles. The van der Waals surface area contributed by atoms with Gasteiger partial charge in [-0.3, -0.25) is 4.79 Å². The minimum atomic E-state index is -0.104. The second-order valence-electron chi connectivity index (χ2n) is 7.01. The van der Waals surface area contributed by atoms with Crippen LogP contribution in [0.3, 0.4) is 0 Å². The molecule has 3 rings (SSSR count). The van der Waals surface area contributed by atoms with Crippen LogP contribution in [0.25, 0.3) is 0 Å². The van der Waals surface area contributed by atoms with Gasteiger partial charge in [-0.25, -0.2) is 0 Å². The molecule has 0 aliphatic heterocycles. The normalized spacial score (nSPS) is 13.4. The van der Waals surface area contributed by atoms with Gasteiger partial charge in [-0.15, -0.1) is 21.5 Å². The van der Waals surface area contributed by atoms with E-state index in [4.69, 9.17) is 0 Å². The predicted molar refractivity (Wildman–Crippen MR) is 109 cm³/mol. The second-order valence-corrected chi connectivity index (χ2v) is 9.06. The molecule has 0 atom stereocenters. The van der Waals surface area contributed by atoms with Crippen molar-refractivity contribution in [2.45, 2.75) is 70.5 Å². The van der Waals surface area contributed by atoms with Crippen molar-refractivity contribution >= 4 is 34.0 Å². The number of fused-ring (bicyclic) bond motifs is 1. The van der Waals surface area contributed by atoms with Gasteiger partial charge in [-0.1, -0.05) is 32.5 Å². The Morgan fingerprint density at radius 1 is 1.37 bits per heavy atom. The zero-order chi connectivity index (χ0) is 19.4. The lowest BCUT2D eigenvalue weighted by molar-refractivity contribution is -0.113. The molecule has 0 unspecified atom stereocenters. The van der Waals surface area contributed by atoms with Gasteiger partial charge < -0.3 is 9.88 Å². The minimum Gasteiger partial charge on any atom is -0.316 e. The van der Waals surface area contributed by atoms with E-state index in [1.54, 1.807) is 11.3 Å². The third kappa shape index (κ3) is 4.36. The highest BCUT2D eigenvalue weighted by Gasteiger charge is 2.22. The number of nitriles is 1. The number of nitrogens with one attached hydrogen (secondary N) is 1. The first-order valence-electron chi connectivity index (χ1n) is 9.45. The molecular weight excluding hydrogens is 378 g/mol. The number of nitrogens with zero attached hydrogens (tertiary/aromatic N) is 4. The van der Waals surface area contributed by atoms with E-state index in [1.165, 1.54) is 16.6 Å². The van der Waals surface area contributed by atoms with Crippen LogP contribution in [-0.4, -0.2) is 26.4 Å². The zero-order valence-electron chi connectivity index (χ0n) is 16.0. The highest BCUT2D eigenvalue weighted by Crippen LogP contribution is 2.37. The lowest BCUT2D eigenvalue weighted by Gasteiger charge is -2.10. The molecule has 144 valence electrons. The number of amides is 1. The van der Waals surface area contributed by atoms with Crippen molar-refractivity contribution in [1.82, 2.24) is 14.8 Å². The summed E-state index contributed by atoms with van der Waals surface area (Å²) in [7, 11) is 0. The Labute approximate surface area is 168 Å². The molecule has 2 aromatic heterocycles. The van der Waals surface area contributed by atoms with Gasteiger partial charge in [0.15, 0.2) is 5.16 Å². The van der Waals surface area contributed by atoms with Gasteiger partial charge >= 0.3 is 0 Å². The average molecular weight is 404 g/mol. The monoisotopic (exact) mass is 403 g/mol. The zero-order valence-corrected chi connectivity index (χ0v) is 17.7. The van der Waals surface area contributed by atoms with Crippen molar-refractivity contribution in [1.29, 1.82) is 5.26 Å². The fraction of sp³-hybridized carbons (Fsp3) is 0.579. The molecule has 2 heterocycles. The van der Waals surface area contributed by atoms with Crippen molar-refractivity contribution in [2.75, 3.05) is 11.1 Å². The predicted octanol–water partition coefficient (Wildman–Crippen LogP) is 4.35. The molecule has 1 N–H and O–H groups in total. The fourth-order valence-electron chi connectivity index (χ4n) is 3.33. The van der Waals surface area contributed by atoms with Crippen molar-refractivity contribution in [3.63, 3.8) is 0 Å². The van der Waals surface area contributed by atoms with E-state index in [9.17, 15) is 10.1 Å². The maximum atomic E-state index is 12.5. The summed E-state index contributed by atoms with van der Waals surface area (Å²) in [6.45, 7) is 7.16. The molecular formula is C19H25N5OS2. The van der Waals surface area contributed by atoms with E-state index >= 15 is 0 Å². The fourth-order valence-corrected chi connectivity index (χ4v) is 5.36. The van der Waals surface area contributed by atoms with Crippen LogP contribution in [-0.2, 0) is 24.2 Å². The number of hydrogen-bond acceptors (Lipinski definition) is 6. The first-order valence-corrected chi connectivity index (χ1v) is 11.3. The van der Waals surface area contributed by atoms with Crippen molar-refractivity contribution in [3.05, 3.63) is 21.8 Å². The Morgan fingerprint density at radius 3 is 2.85 bits per heavy atom. The van der Waals surface area contributed by atoms with Crippen LogP contribution in [0.2, 0.25) is 0 Å². The molecule has 0 fully saturated rings. The smallest absolute Gasteiger partial charge is 0.235 e. The number of hydrogen-bond donors (Lipinski definition) is 1. The van der Waals surface area contributed by atoms with Crippen LogP contribution < -0.4 is 5.32 Å². The van der Waals surface area contributed by atoms with Gasteiger partial charge in [0.1, 0.15) is 16.9 Å². The first-order chi connectivity index (χ1) is 13.0. The third-order valence-corrected chi connectivity index (χ3v) is 6.75. The number of carbonyl (C=O) groups is 1. The van der Waals surface area contributed by atoms with Crippen LogP contribution in [0.4, 0.5) is 5.00 Å². The second kappa shape index (κ2) is 8.89. The molecule has 27 heavy (non-hydrogen) atoms. The highest BCUT2D eigenvalue weighted by molar-refractivity contribution is 7.99. The van der Waals surface area contributed by atoms with E-state index in [1.807, 2.05) is 0 Å². The van der Waals surface area contributed by atoms with E-state index in [-0.39, 0.29) is 11.7 Å². The molecule has 0 aromatic carbocycles. The lowest BCUT2D eigenvalue weighted by Crippen LogP contribution is -2.15. The SMILES string of the molecule is CCCn1c(SCC(=O)Nc2sc3c(c2C#N)CCCC3)nnc1C(C)C. The Morgan fingerprint density at radius 2 is 2.15 bits per heavy atom. The Balaban J connectivity index is 1.68. The number of rotatable bonds is 7. The molecule has 2 aromatic rings. The summed E-state index contributed by atoms with van der Waals surface area (Å²) in [5, 5.41) is 22.5. The van der Waals surface area contributed by atoms with E-state index < -0.39 is 0 Å². The lowest BCUT2D eigenvalue weighted by atomic mass is 9.96. The number of aromatic nitrogens is 3. The first kappa shape index (κ1) is 19.9. The molecule has 0 saturated heterocycles. The van der Waals surface area contributed by atoms with Gasteiger partial charge in [0.2, 0.25) is 5.91 Å². The third-order valence-electron chi connectivity index (χ3n) is 4.58. The standard InChI is InChI=1S/C19H25N5OS2/c1-4-9-24-17(12(2)3)22-23-19(24)26-11-16(25)21-18-14(10-20)13-7-5-6-8-15(13)27-18/h12H,4-9,11H2,1-3H3,(H,21,25). The Kier molecular flexibility index (Phi) is 6.55. The molecule has 1 amide bonds. The number of anilines is 1. The summed E-state index contributed by atoms with van der Waals surface area (Å²) in [4.78, 5) is 13.7. The number of aryl methyl sites for hydroxylation is 1. The van der Waals surface area contributed by atoms with Crippen molar-refractivity contribution < 1.29 is 4.79 Å². The van der Waals surface area contributed by atoms with E-state index in [0.717, 1.165) is 55.2 Å². The van der Waals surface area contributed by atoms with Crippen LogP contribution in [0.15, 0.2) is 5.16 Å². The molecule has 1 aliphatic carbocycles. The molecule has 0 spiro atoms. The summed E-state index contributed by atoms with van der Waals surface area (Å²) in [5.41, 5.74) is 1.80. The van der Waals surface area contributed by atoms with Gasteiger partial charge in [-0.05, 0) is 37.7 Å². The highest BCUT2D eigenvalue weighted by atomic mass is 32.2. The van der Waals surface area contributed by atoms with Gasteiger partial charge in [-0.2, -0.15) is 5.26 Å². The summed E-state index contributed by atoms with van der Waals surface area (Å²) < 4.78 is 2.10. The minimum absolute atomic E-state index is 0.104. The van der Waals surface area contributed by atoms with Crippen LogP contribution in [0.5, 0.6) is 0 Å². The van der Waals surface area contributed by atoms with Crippen molar-refractivity contribution in [2.24, 2.45) is 0 Å². The summed E-state index contributed by atoms with van der Waals surface area (Å²) in [5.74, 6) is 1.40. The number of carbonyl (C=O) groups excluding carboxylic acids is 1. The van der Waals surface area contributed by atoms with Crippen LogP contribution in [0, 0.1) is 11.3 Å². The summed E-state index contributed by atoms with van der Waals surface area (Å²) >= 11 is 2.96. The largest absolute Gasteiger partial charge is 0.316 e. The van der Waals surface area contributed by atoms with Crippen molar-refractivity contribution in [3.8, 4) is 6.07 Å². The topological polar surface area (TPSA) is 83.6 Å². The van der Waals surface area contributed by atoms with E-state index in [2.05, 4.69) is 46.9 Å². The van der Waals surface area contributed by atoms with Gasteiger partial charge in [0.25, 0.3) is 0 Å². The summed E-state index contributed by atoms with van der Waals surface area (Å²) in [6, 6.07) is 2.29. The maximum absolute atomic E-state index is 12.5. The van der Waals surface area contributed by atoms with Crippen LogP contribution >= 0.6 is 23.1 Å². The van der Waals surface area contributed by atoms with Crippen LogP contribution in [0.1, 0.15) is 67.8 Å². The Hall–Kier alpha value is -1.85. The number of thioether (sulfide) groups is 1. The maximum Gasteiger partial charge on any atom is 0.235 e. The van der Waals surface area contributed by atoms with Gasteiger partial charge in [0, 0.05) is 17.3 Å². The average Bonchev–Trinajstić information content (AvgIpc) is 3.20. The molecule has 1 aliphatic rings. The number of thiophene rings is 1. The molecule has 8 heteroatoms. The Bertz CT molecular complexity index is 862. The molecule has 0 radical (unpaired) electrons. The quantitative estimate of drug-likeness (QED) is 0.695. The van der Waals surface area contributed by atoms with Gasteiger partial charge in [0.05, 0.1) is 11.3 Å². The summed E-state index contributed by atoms with van der Waals surface area (Å²) in [6.07, 6.45) is 5.22. The molecule has 6 nitrogen and oxygen atoms in total. The van der Waals surface area contributed by atoms with E-state index in [0.29, 0.717) is 16.5 Å².